The molecular weight excluding hydrogens is 280 g/mol. The van der Waals surface area contributed by atoms with Gasteiger partial charge < -0.3 is 25.5 Å². The predicted molar refractivity (Wildman–Crippen MR) is 74.9 cm³/mol. The van der Waals surface area contributed by atoms with E-state index in [4.69, 9.17) is 0 Å². The molecule has 0 aliphatic carbocycles. The van der Waals surface area contributed by atoms with Crippen molar-refractivity contribution in [2.45, 2.75) is 43.4 Å². The Labute approximate surface area is 121 Å². The van der Waals surface area contributed by atoms with Crippen molar-refractivity contribution in [3.63, 3.8) is 0 Å². The number of nitrogens with one attached hydrogen (secondary N) is 1. The first-order valence-electron chi connectivity index (χ1n) is 6.99. The highest BCUT2D eigenvalue weighted by Gasteiger charge is 2.56. The van der Waals surface area contributed by atoms with Gasteiger partial charge in [0.15, 0.2) is 0 Å². The summed E-state index contributed by atoms with van der Waals surface area (Å²) < 4.78 is 0. The number of hydrogen-bond donors (Lipinski definition) is 4. The molecule has 6 nitrogen and oxygen atoms in total. The van der Waals surface area contributed by atoms with Crippen molar-refractivity contribution < 1.29 is 20.1 Å². The molecule has 0 aromatic carbocycles. The van der Waals surface area contributed by atoms with Crippen LogP contribution in [-0.2, 0) is 4.79 Å². The van der Waals surface area contributed by atoms with Crippen molar-refractivity contribution in [3.8, 4) is 0 Å². The molecule has 2 saturated heterocycles. The van der Waals surface area contributed by atoms with Gasteiger partial charge >= 0.3 is 5.97 Å². The lowest BCUT2D eigenvalue weighted by Crippen LogP contribution is -2.64. The molecule has 0 saturated carbocycles. The molecule has 112 valence electrons. The number of thioether (sulfide) groups is 1. The van der Waals surface area contributed by atoms with E-state index in [1.165, 1.54) is 0 Å². The lowest BCUT2D eigenvalue weighted by Gasteiger charge is -2.51. The second kappa shape index (κ2) is 5.22. The highest BCUT2D eigenvalue weighted by molar-refractivity contribution is 8.03. The Hall–Kier alpha value is -0.760. The van der Waals surface area contributed by atoms with Gasteiger partial charge in [-0.15, -0.1) is 11.8 Å². The van der Waals surface area contributed by atoms with Crippen LogP contribution in [0.4, 0.5) is 0 Å². The smallest absolute Gasteiger partial charge is 0.353 e. The molecule has 3 aliphatic heterocycles. The van der Waals surface area contributed by atoms with Gasteiger partial charge in [-0.1, -0.05) is 0 Å². The number of aliphatic hydroxyl groups is 2. The van der Waals surface area contributed by atoms with Gasteiger partial charge in [-0.05, 0) is 19.9 Å². The molecule has 0 spiro atoms. The molecule has 0 aromatic rings. The Morgan fingerprint density at radius 2 is 2.30 bits per heavy atom. The van der Waals surface area contributed by atoms with Crippen LogP contribution in [0.15, 0.2) is 10.6 Å². The standard InChI is InChI=1S/C13H20N2O4S/c1-6(16)10-8-4-9(20-7-2-3-14-5-7)11(13(18)19)15(8)12(10)17/h6-8,10,12,14,16-17H,2-5H2,1H3,(H,18,19). The number of nitrogens with zero attached hydrogens (tertiary/aromatic N) is 1. The molecule has 4 N–H and O–H groups in total. The summed E-state index contributed by atoms with van der Waals surface area (Å²) in [4.78, 5) is 13.9. The number of carboxylic acids is 1. The molecule has 3 aliphatic rings. The Balaban J connectivity index is 1.80. The maximum Gasteiger partial charge on any atom is 0.353 e. The SMILES string of the molecule is CC(O)C1C(O)N2C(C(=O)O)=C(SC3CCNC3)CC12. The Bertz CT molecular complexity index is 448. The van der Waals surface area contributed by atoms with Crippen molar-refractivity contribution in [3.05, 3.63) is 10.6 Å². The quantitative estimate of drug-likeness (QED) is 0.570. The van der Waals surface area contributed by atoms with Crippen LogP contribution in [0.25, 0.3) is 0 Å². The average Bonchev–Trinajstić information content (AvgIpc) is 2.95. The van der Waals surface area contributed by atoms with E-state index in [0.717, 1.165) is 24.4 Å². The number of hydrogen-bond acceptors (Lipinski definition) is 6. The average molecular weight is 300 g/mol. The summed E-state index contributed by atoms with van der Waals surface area (Å²) in [6.07, 6.45) is 0.147. The first kappa shape index (κ1) is 14.2. The Morgan fingerprint density at radius 3 is 2.85 bits per heavy atom. The molecule has 0 bridgehead atoms. The summed E-state index contributed by atoms with van der Waals surface area (Å²) in [5.41, 5.74) is 0.233. The minimum absolute atomic E-state index is 0.0760. The number of aliphatic carboxylic acids is 1. The van der Waals surface area contributed by atoms with Crippen LogP contribution < -0.4 is 5.32 Å². The van der Waals surface area contributed by atoms with Crippen molar-refractivity contribution in [1.82, 2.24) is 10.2 Å². The summed E-state index contributed by atoms with van der Waals surface area (Å²) in [6, 6.07) is -0.0760. The van der Waals surface area contributed by atoms with E-state index >= 15 is 0 Å². The van der Waals surface area contributed by atoms with Gasteiger partial charge in [0.2, 0.25) is 0 Å². The fourth-order valence-electron chi connectivity index (χ4n) is 3.46. The maximum atomic E-state index is 11.5. The van der Waals surface area contributed by atoms with E-state index in [1.807, 2.05) is 0 Å². The summed E-state index contributed by atoms with van der Waals surface area (Å²) in [5, 5.41) is 32.9. The normalized spacial score (nSPS) is 37.9. The topological polar surface area (TPSA) is 93.0 Å². The van der Waals surface area contributed by atoms with Crippen LogP contribution in [0.3, 0.4) is 0 Å². The van der Waals surface area contributed by atoms with Crippen molar-refractivity contribution in [2.24, 2.45) is 5.92 Å². The molecule has 5 atom stereocenters. The van der Waals surface area contributed by atoms with Crippen LogP contribution >= 0.6 is 11.8 Å². The molecular formula is C13H20N2O4S. The molecule has 3 heterocycles. The molecule has 0 aromatic heterocycles. The van der Waals surface area contributed by atoms with Crippen LogP contribution in [-0.4, -0.2) is 62.9 Å². The van der Waals surface area contributed by atoms with E-state index in [-0.39, 0.29) is 17.7 Å². The van der Waals surface area contributed by atoms with Gasteiger partial charge in [0.05, 0.1) is 12.0 Å². The van der Waals surface area contributed by atoms with Crippen LogP contribution in [0.1, 0.15) is 19.8 Å². The highest BCUT2D eigenvalue weighted by Crippen LogP contribution is 2.50. The molecule has 20 heavy (non-hydrogen) atoms. The zero-order valence-corrected chi connectivity index (χ0v) is 12.1. The molecule has 0 radical (unpaired) electrons. The van der Waals surface area contributed by atoms with Gasteiger partial charge in [-0.3, -0.25) is 0 Å². The first-order valence-corrected chi connectivity index (χ1v) is 7.87. The summed E-state index contributed by atoms with van der Waals surface area (Å²) in [7, 11) is 0. The maximum absolute atomic E-state index is 11.5. The number of carboxylic acid groups (broad SMARTS) is 1. The second-order valence-electron chi connectivity index (χ2n) is 5.72. The third kappa shape index (κ3) is 2.13. The molecule has 7 heteroatoms. The summed E-state index contributed by atoms with van der Waals surface area (Å²) in [5.74, 6) is -1.24. The van der Waals surface area contributed by atoms with Crippen molar-refractivity contribution in [2.75, 3.05) is 13.1 Å². The fraction of sp³-hybridized carbons (Fsp3) is 0.769. The fourth-order valence-corrected chi connectivity index (χ4v) is 4.87. The summed E-state index contributed by atoms with van der Waals surface area (Å²) >= 11 is 1.62. The third-order valence-electron chi connectivity index (χ3n) is 4.43. The highest BCUT2D eigenvalue weighted by atomic mass is 32.2. The molecule has 5 unspecified atom stereocenters. The minimum atomic E-state index is -0.982. The van der Waals surface area contributed by atoms with Crippen LogP contribution in [0, 0.1) is 5.92 Å². The van der Waals surface area contributed by atoms with E-state index < -0.39 is 18.3 Å². The third-order valence-corrected chi connectivity index (χ3v) is 5.81. The van der Waals surface area contributed by atoms with E-state index in [1.54, 1.807) is 23.6 Å². The molecule has 3 rings (SSSR count). The number of rotatable bonds is 4. The van der Waals surface area contributed by atoms with Crippen molar-refractivity contribution in [1.29, 1.82) is 0 Å². The van der Waals surface area contributed by atoms with Gasteiger partial charge in [-0.2, -0.15) is 0 Å². The van der Waals surface area contributed by atoms with Gasteiger partial charge in [0.25, 0.3) is 0 Å². The first-order chi connectivity index (χ1) is 9.50. The Morgan fingerprint density at radius 1 is 1.55 bits per heavy atom. The molecule has 2 fully saturated rings. The predicted octanol–water partition coefficient (Wildman–Crippen LogP) is -0.219. The van der Waals surface area contributed by atoms with Gasteiger partial charge in [0.1, 0.15) is 11.9 Å². The van der Waals surface area contributed by atoms with E-state index in [2.05, 4.69) is 5.32 Å². The lowest BCUT2D eigenvalue weighted by molar-refractivity contribution is -0.185. The number of carbonyl (C=O) groups is 1. The minimum Gasteiger partial charge on any atom is -0.477 e. The zero-order valence-electron chi connectivity index (χ0n) is 11.3. The zero-order chi connectivity index (χ0) is 14.4. The second-order valence-corrected chi connectivity index (χ2v) is 7.12. The molecule has 0 amide bonds. The van der Waals surface area contributed by atoms with E-state index in [0.29, 0.717) is 11.7 Å². The summed E-state index contributed by atoms with van der Waals surface area (Å²) in [6.45, 7) is 3.52. The lowest BCUT2D eigenvalue weighted by atomic mass is 9.82. The number of aliphatic hydroxyl groups excluding tert-OH is 2. The largest absolute Gasteiger partial charge is 0.477 e. The monoisotopic (exact) mass is 300 g/mol. The van der Waals surface area contributed by atoms with Gasteiger partial charge in [0, 0.05) is 29.2 Å². The number of fused-ring (bicyclic) bond motifs is 1. The van der Waals surface area contributed by atoms with Crippen LogP contribution in [0.5, 0.6) is 0 Å². The van der Waals surface area contributed by atoms with Gasteiger partial charge in [-0.25, -0.2) is 4.79 Å². The van der Waals surface area contributed by atoms with Crippen molar-refractivity contribution >= 4 is 17.7 Å². The Kier molecular flexibility index (Phi) is 3.70. The van der Waals surface area contributed by atoms with Crippen LogP contribution in [0.2, 0.25) is 0 Å². The van der Waals surface area contributed by atoms with E-state index in [9.17, 15) is 20.1 Å².